The molecule has 9 nitrogen and oxygen atoms in total. The van der Waals surface area contributed by atoms with Crippen LogP contribution in [0.15, 0.2) is 12.4 Å². The molecule has 9 heteroatoms. The largest absolute Gasteiger partial charge is 0.321 e. The minimum atomic E-state index is -1.08. The van der Waals surface area contributed by atoms with Crippen molar-refractivity contribution < 1.29 is 9.72 Å². The number of carbonyl (C=O) groups excluding carboxylic acids is 1. The number of nitro groups is 1. The number of anilines is 1. The second-order valence-corrected chi connectivity index (χ2v) is 5.58. The van der Waals surface area contributed by atoms with Crippen LogP contribution in [0.25, 0.3) is 0 Å². The van der Waals surface area contributed by atoms with Crippen LogP contribution in [-0.4, -0.2) is 30.4 Å². The van der Waals surface area contributed by atoms with Crippen molar-refractivity contribution in [2.24, 2.45) is 7.05 Å². The topological polar surface area (TPSA) is 108 Å². The highest BCUT2D eigenvalue weighted by molar-refractivity contribution is 5.97. The van der Waals surface area contributed by atoms with Gasteiger partial charge in [-0.25, -0.2) is 0 Å². The number of aryl methyl sites for hydroxylation is 2. The molecule has 0 saturated heterocycles. The fourth-order valence-electron chi connectivity index (χ4n) is 2.04. The zero-order valence-electron chi connectivity index (χ0n) is 13.1. The number of hydrogen-bond donors (Lipinski definition) is 1. The van der Waals surface area contributed by atoms with E-state index in [4.69, 9.17) is 0 Å². The summed E-state index contributed by atoms with van der Waals surface area (Å²) < 4.78 is 2.96. The van der Waals surface area contributed by atoms with Crippen molar-refractivity contribution in [3.63, 3.8) is 0 Å². The molecule has 0 aliphatic carbocycles. The van der Waals surface area contributed by atoms with Gasteiger partial charge in [0.05, 0.1) is 22.0 Å². The van der Waals surface area contributed by atoms with E-state index >= 15 is 0 Å². The van der Waals surface area contributed by atoms with Gasteiger partial charge >= 0.3 is 5.69 Å². The van der Waals surface area contributed by atoms with E-state index < -0.39 is 10.5 Å². The predicted octanol–water partition coefficient (Wildman–Crippen LogP) is 1.52. The van der Waals surface area contributed by atoms with Crippen molar-refractivity contribution in [1.82, 2.24) is 19.6 Å². The van der Waals surface area contributed by atoms with Gasteiger partial charge in [0, 0.05) is 7.05 Å². The third kappa shape index (κ3) is 2.57. The van der Waals surface area contributed by atoms with Crippen LogP contribution in [0.2, 0.25) is 0 Å². The maximum atomic E-state index is 12.5. The Hall–Kier alpha value is -2.71. The molecule has 118 valence electrons. The van der Waals surface area contributed by atoms with Crippen LogP contribution in [-0.2, 0) is 17.4 Å². The van der Waals surface area contributed by atoms with E-state index in [9.17, 15) is 14.9 Å². The third-order valence-electron chi connectivity index (χ3n) is 3.66. The molecule has 0 aromatic carbocycles. The van der Waals surface area contributed by atoms with E-state index in [1.54, 1.807) is 32.5 Å². The van der Waals surface area contributed by atoms with Gasteiger partial charge in [-0.1, -0.05) is 0 Å². The van der Waals surface area contributed by atoms with E-state index in [1.165, 1.54) is 10.9 Å². The van der Waals surface area contributed by atoms with Crippen molar-refractivity contribution in [1.29, 1.82) is 0 Å². The average molecular weight is 306 g/mol. The molecule has 1 amide bonds. The van der Waals surface area contributed by atoms with Crippen LogP contribution < -0.4 is 5.32 Å². The molecule has 0 unspecified atom stereocenters. The predicted molar refractivity (Wildman–Crippen MR) is 79.5 cm³/mol. The molecule has 0 aliphatic heterocycles. The average Bonchev–Trinajstić information content (AvgIpc) is 3.01. The number of nitrogens with zero attached hydrogens (tertiary/aromatic N) is 5. The molecule has 0 bridgehead atoms. The molecule has 2 heterocycles. The van der Waals surface area contributed by atoms with Gasteiger partial charge in [-0.2, -0.15) is 10.2 Å². The molecule has 0 saturated carbocycles. The molecule has 0 fully saturated rings. The summed E-state index contributed by atoms with van der Waals surface area (Å²) in [5.74, 6) is -0.329. The fraction of sp³-hybridized carbons (Fsp3) is 0.462. The number of aromatic nitrogens is 4. The normalized spacial score (nSPS) is 11.5. The third-order valence-corrected chi connectivity index (χ3v) is 3.66. The highest BCUT2D eigenvalue weighted by atomic mass is 16.6. The fourth-order valence-corrected chi connectivity index (χ4v) is 2.04. The van der Waals surface area contributed by atoms with Crippen LogP contribution in [0.3, 0.4) is 0 Å². The van der Waals surface area contributed by atoms with Crippen molar-refractivity contribution in [2.45, 2.75) is 33.2 Å². The maximum Gasteiger partial charge on any atom is 0.307 e. The van der Waals surface area contributed by atoms with Crippen LogP contribution in [0.4, 0.5) is 11.4 Å². The van der Waals surface area contributed by atoms with Crippen molar-refractivity contribution in [2.75, 3.05) is 5.32 Å². The quantitative estimate of drug-likeness (QED) is 0.680. The highest BCUT2D eigenvalue weighted by Crippen LogP contribution is 2.23. The van der Waals surface area contributed by atoms with Crippen LogP contribution in [0, 0.1) is 24.0 Å². The summed E-state index contributed by atoms with van der Waals surface area (Å²) >= 11 is 0. The SMILES string of the molecule is Cc1nn(C)c(C)c1NC(=O)C(C)(C)n1cc([N+](=O)[O-])cn1. The van der Waals surface area contributed by atoms with Gasteiger partial charge in [0.25, 0.3) is 5.91 Å². The lowest BCUT2D eigenvalue weighted by Gasteiger charge is -2.23. The van der Waals surface area contributed by atoms with Gasteiger partial charge in [0.15, 0.2) is 0 Å². The van der Waals surface area contributed by atoms with E-state index in [1.807, 2.05) is 6.92 Å². The Morgan fingerprint density at radius 2 is 2.05 bits per heavy atom. The maximum absolute atomic E-state index is 12.5. The summed E-state index contributed by atoms with van der Waals surface area (Å²) in [6, 6.07) is 0. The van der Waals surface area contributed by atoms with Crippen molar-refractivity contribution in [3.05, 3.63) is 33.9 Å². The first-order chi connectivity index (χ1) is 10.1. The number of hydrogen-bond acceptors (Lipinski definition) is 5. The molecule has 0 aliphatic rings. The molecule has 1 N–H and O–H groups in total. The summed E-state index contributed by atoms with van der Waals surface area (Å²) in [5, 5.41) is 21.7. The molecule has 2 aromatic rings. The second-order valence-electron chi connectivity index (χ2n) is 5.58. The Morgan fingerprint density at radius 3 is 2.50 bits per heavy atom. The van der Waals surface area contributed by atoms with Crippen LogP contribution >= 0.6 is 0 Å². The summed E-state index contributed by atoms with van der Waals surface area (Å²) in [7, 11) is 1.79. The molecule has 0 radical (unpaired) electrons. The monoisotopic (exact) mass is 306 g/mol. The van der Waals surface area contributed by atoms with Gasteiger partial charge in [-0.3, -0.25) is 24.3 Å². The summed E-state index contributed by atoms with van der Waals surface area (Å²) in [4.78, 5) is 22.7. The number of nitrogens with one attached hydrogen (secondary N) is 1. The summed E-state index contributed by atoms with van der Waals surface area (Å²) in [6.45, 7) is 6.93. The lowest BCUT2D eigenvalue weighted by Crippen LogP contribution is -2.40. The van der Waals surface area contributed by atoms with Gasteiger partial charge < -0.3 is 5.32 Å². The van der Waals surface area contributed by atoms with E-state index in [0.717, 1.165) is 11.9 Å². The standard InChI is InChI=1S/C13H18N6O3/c1-8-11(9(2)17(5)16-8)15-12(20)13(3,4)18-7-10(6-14-18)19(21)22/h6-7H,1-5H3,(H,15,20). The first kappa shape index (κ1) is 15.7. The lowest BCUT2D eigenvalue weighted by atomic mass is 10.0. The summed E-state index contributed by atoms with van der Waals surface area (Å²) in [5.41, 5.74) is 0.934. The molecular weight excluding hydrogens is 288 g/mol. The Kier molecular flexibility index (Phi) is 3.74. The molecule has 0 atom stereocenters. The van der Waals surface area contributed by atoms with E-state index in [2.05, 4.69) is 15.5 Å². The smallest absolute Gasteiger partial charge is 0.307 e. The van der Waals surface area contributed by atoms with Gasteiger partial charge in [-0.15, -0.1) is 0 Å². The highest BCUT2D eigenvalue weighted by Gasteiger charge is 2.33. The van der Waals surface area contributed by atoms with E-state index in [0.29, 0.717) is 11.4 Å². The minimum Gasteiger partial charge on any atom is -0.321 e. The first-order valence-corrected chi connectivity index (χ1v) is 6.65. The number of carbonyl (C=O) groups is 1. The molecule has 22 heavy (non-hydrogen) atoms. The Labute approximate surface area is 127 Å². The van der Waals surface area contributed by atoms with Gasteiger partial charge in [0.2, 0.25) is 0 Å². The van der Waals surface area contributed by atoms with Crippen molar-refractivity contribution >= 4 is 17.3 Å². The first-order valence-electron chi connectivity index (χ1n) is 6.65. The van der Waals surface area contributed by atoms with Gasteiger partial charge in [-0.05, 0) is 27.7 Å². The lowest BCUT2D eigenvalue weighted by molar-refractivity contribution is -0.385. The molecule has 2 rings (SSSR count). The number of rotatable bonds is 4. The number of amides is 1. The van der Waals surface area contributed by atoms with Crippen molar-refractivity contribution in [3.8, 4) is 0 Å². The Morgan fingerprint density at radius 1 is 1.41 bits per heavy atom. The van der Waals surface area contributed by atoms with E-state index in [-0.39, 0.29) is 11.6 Å². The molecular formula is C13H18N6O3. The Bertz CT molecular complexity index is 743. The summed E-state index contributed by atoms with van der Waals surface area (Å²) in [6.07, 6.45) is 2.36. The molecule has 0 spiro atoms. The second kappa shape index (κ2) is 5.24. The zero-order valence-corrected chi connectivity index (χ0v) is 13.1. The van der Waals surface area contributed by atoms with Crippen LogP contribution in [0.5, 0.6) is 0 Å². The van der Waals surface area contributed by atoms with Crippen LogP contribution in [0.1, 0.15) is 25.2 Å². The Balaban J connectivity index is 2.28. The molecule has 2 aromatic heterocycles. The van der Waals surface area contributed by atoms with Gasteiger partial charge in [0.1, 0.15) is 17.9 Å². The minimum absolute atomic E-state index is 0.158. The zero-order chi connectivity index (χ0) is 16.7.